The van der Waals surface area contributed by atoms with Gasteiger partial charge in [0.15, 0.2) is 0 Å². The van der Waals surface area contributed by atoms with E-state index in [9.17, 15) is 9.59 Å². The molecule has 0 aromatic heterocycles. The van der Waals surface area contributed by atoms with Crippen molar-refractivity contribution in [2.45, 2.75) is 29.0 Å². The number of benzene rings is 1. The summed E-state index contributed by atoms with van der Waals surface area (Å²) in [6.07, 6.45) is 0.978. The maximum absolute atomic E-state index is 12.9. The Morgan fingerprint density at radius 3 is 2.00 bits per heavy atom. The molecule has 3 fully saturated rings. The third kappa shape index (κ3) is 1.84. The fraction of sp³-hybridized carbons (Fsp3) is 0.529. The predicted octanol–water partition coefficient (Wildman–Crippen LogP) is 3.53. The quantitative estimate of drug-likeness (QED) is 0.535. The minimum absolute atomic E-state index is 0.0303. The van der Waals surface area contributed by atoms with Gasteiger partial charge in [-0.15, -0.1) is 0 Å². The van der Waals surface area contributed by atoms with Gasteiger partial charge in [0, 0.05) is 9.65 Å². The molecular weight excluding hydrogens is 410 g/mol. The van der Waals surface area contributed by atoms with Crippen LogP contribution in [0, 0.1) is 23.7 Å². The summed E-state index contributed by atoms with van der Waals surface area (Å²) in [5.74, 6) is 0.377. The number of likely N-dealkylation sites (tertiary alicyclic amines) is 1. The van der Waals surface area contributed by atoms with Crippen LogP contribution in [0.4, 0.5) is 0 Å². The molecule has 2 amide bonds. The van der Waals surface area contributed by atoms with Crippen LogP contribution in [0.25, 0.3) is 0 Å². The maximum Gasteiger partial charge on any atom is 0.233 e. The fourth-order valence-corrected chi connectivity index (χ4v) is 6.51. The SMILES string of the molecule is C[C@H](c1ccccc1)N1C(=O)[C@@H]2[C@H]3C[C@@H]([C@H](Br)[C@H]3Br)[C@H]2C1=O. The summed E-state index contributed by atoms with van der Waals surface area (Å²) in [4.78, 5) is 28.0. The van der Waals surface area contributed by atoms with E-state index in [1.54, 1.807) is 0 Å². The number of halogens is 2. The van der Waals surface area contributed by atoms with Gasteiger partial charge in [0.2, 0.25) is 11.8 Å². The van der Waals surface area contributed by atoms with Gasteiger partial charge in [-0.05, 0) is 30.7 Å². The number of hydrogen-bond donors (Lipinski definition) is 0. The summed E-state index contributed by atoms with van der Waals surface area (Å²) >= 11 is 7.44. The Labute approximate surface area is 146 Å². The maximum atomic E-state index is 12.9. The second kappa shape index (κ2) is 5.17. The number of amides is 2. The van der Waals surface area contributed by atoms with Crippen LogP contribution < -0.4 is 0 Å². The highest BCUT2D eigenvalue weighted by Gasteiger charge is 2.66. The van der Waals surface area contributed by atoms with Crippen molar-refractivity contribution in [3.8, 4) is 0 Å². The third-order valence-electron chi connectivity index (χ3n) is 5.69. The smallest absolute Gasteiger partial charge is 0.233 e. The van der Waals surface area contributed by atoms with Gasteiger partial charge in [0.1, 0.15) is 0 Å². The van der Waals surface area contributed by atoms with Crippen LogP contribution in [0.2, 0.25) is 0 Å². The predicted molar refractivity (Wildman–Crippen MR) is 90.7 cm³/mol. The van der Waals surface area contributed by atoms with E-state index in [0.717, 1.165) is 12.0 Å². The number of rotatable bonds is 2. The van der Waals surface area contributed by atoms with Crippen molar-refractivity contribution in [3.05, 3.63) is 35.9 Å². The van der Waals surface area contributed by atoms with Gasteiger partial charge in [-0.25, -0.2) is 0 Å². The van der Waals surface area contributed by atoms with E-state index in [2.05, 4.69) is 31.9 Å². The molecule has 1 aliphatic heterocycles. The summed E-state index contributed by atoms with van der Waals surface area (Å²) in [7, 11) is 0. The zero-order chi connectivity index (χ0) is 15.6. The van der Waals surface area contributed by atoms with Crippen LogP contribution in [-0.4, -0.2) is 26.4 Å². The van der Waals surface area contributed by atoms with Crippen molar-refractivity contribution in [1.82, 2.24) is 4.90 Å². The van der Waals surface area contributed by atoms with Gasteiger partial charge in [-0.3, -0.25) is 14.5 Å². The molecule has 1 saturated heterocycles. The summed E-state index contributed by atoms with van der Waals surface area (Å²) in [6.45, 7) is 1.95. The van der Waals surface area contributed by atoms with Crippen LogP contribution in [0.5, 0.6) is 0 Å². The number of nitrogens with zero attached hydrogens (tertiary/aromatic N) is 1. The molecular formula is C17H17Br2NO2. The van der Waals surface area contributed by atoms with Gasteiger partial charge in [-0.1, -0.05) is 62.2 Å². The fourth-order valence-electron chi connectivity index (χ4n) is 4.63. The van der Waals surface area contributed by atoms with Gasteiger partial charge < -0.3 is 0 Å². The molecule has 0 unspecified atom stereocenters. The second-order valence-electron chi connectivity index (χ2n) is 6.64. The highest BCUT2D eigenvalue weighted by Crippen LogP contribution is 2.60. The first kappa shape index (κ1) is 14.9. The Kier molecular flexibility index (Phi) is 3.49. The van der Waals surface area contributed by atoms with E-state index in [1.165, 1.54) is 4.90 Å². The van der Waals surface area contributed by atoms with Crippen molar-refractivity contribution in [3.63, 3.8) is 0 Å². The highest BCUT2D eigenvalue weighted by molar-refractivity contribution is 9.12. The molecule has 1 heterocycles. The Bertz CT molecular complexity index is 603. The Hall–Kier alpha value is -0.680. The average molecular weight is 427 g/mol. The standard InChI is InChI=1S/C17H17Br2NO2/c1-8(9-5-3-2-4-6-9)20-16(21)12-10-7-11(13(12)17(20)22)15(19)14(10)18/h2-6,8,10-15H,7H2,1H3/t8-,10-,11-,12-,13-,14+,15+/m1/s1. The molecule has 1 aromatic carbocycles. The summed E-state index contributed by atoms with van der Waals surface area (Å²) < 4.78 is 0. The zero-order valence-electron chi connectivity index (χ0n) is 12.2. The molecule has 0 spiro atoms. The molecule has 116 valence electrons. The van der Waals surface area contributed by atoms with Crippen molar-refractivity contribution in [2.75, 3.05) is 0 Å². The normalized spacial score (nSPS) is 41.1. The lowest BCUT2D eigenvalue weighted by atomic mass is 9.81. The first-order valence-corrected chi connectivity index (χ1v) is 9.55. The van der Waals surface area contributed by atoms with E-state index >= 15 is 0 Å². The highest BCUT2D eigenvalue weighted by atomic mass is 79.9. The average Bonchev–Trinajstić information content (AvgIpc) is 3.13. The molecule has 3 aliphatic rings. The van der Waals surface area contributed by atoms with E-state index in [0.29, 0.717) is 9.65 Å². The number of alkyl halides is 2. The van der Waals surface area contributed by atoms with Crippen LogP contribution in [-0.2, 0) is 9.59 Å². The molecule has 3 nitrogen and oxygen atoms in total. The molecule has 22 heavy (non-hydrogen) atoms. The lowest BCUT2D eigenvalue weighted by molar-refractivity contribution is -0.143. The van der Waals surface area contributed by atoms with Gasteiger partial charge in [0.05, 0.1) is 17.9 Å². The number of fused-ring (bicyclic) bond motifs is 5. The monoisotopic (exact) mass is 425 g/mol. The Balaban J connectivity index is 1.67. The van der Waals surface area contributed by atoms with Crippen LogP contribution in [0.3, 0.4) is 0 Å². The van der Waals surface area contributed by atoms with Gasteiger partial charge in [-0.2, -0.15) is 0 Å². The molecule has 2 saturated carbocycles. The number of hydrogen-bond acceptors (Lipinski definition) is 2. The van der Waals surface area contributed by atoms with Crippen molar-refractivity contribution < 1.29 is 9.59 Å². The molecule has 2 aliphatic carbocycles. The molecule has 4 rings (SSSR count). The van der Waals surface area contributed by atoms with E-state index in [1.807, 2.05) is 37.3 Å². The minimum atomic E-state index is -0.186. The van der Waals surface area contributed by atoms with Gasteiger partial charge in [0.25, 0.3) is 0 Å². The molecule has 2 bridgehead atoms. The molecule has 0 radical (unpaired) electrons. The third-order valence-corrected chi connectivity index (χ3v) is 8.90. The number of imide groups is 1. The zero-order valence-corrected chi connectivity index (χ0v) is 15.3. The Morgan fingerprint density at radius 2 is 1.50 bits per heavy atom. The second-order valence-corrected chi connectivity index (χ2v) is 8.75. The van der Waals surface area contributed by atoms with Crippen molar-refractivity contribution in [1.29, 1.82) is 0 Å². The molecule has 1 aromatic rings. The largest absolute Gasteiger partial charge is 0.275 e. The number of carbonyl (C=O) groups is 2. The molecule has 7 atom stereocenters. The first-order chi connectivity index (χ1) is 10.5. The summed E-state index contributed by atoms with van der Waals surface area (Å²) in [5.41, 5.74) is 1.02. The Morgan fingerprint density at radius 1 is 1.00 bits per heavy atom. The van der Waals surface area contributed by atoms with Crippen LogP contribution >= 0.6 is 31.9 Å². The first-order valence-electron chi connectivity index (χ1n) is 7.72. The van der Waals surface area contributed by atoms with E-state index in [4.69, 9.17) is 0 Å². The van der Waals surface area contributed by atoms with Crippen molar-refractivity contribution >= 4 is 43.7 Å². The van der Waals surface area contributed by atoms with E-state index in [-0.39, 0.29) is 41.5 Å². The summed E-state index contributed by atoms with van der Waals surface area (Å²) in [6, 6.07) is 9.62. The van der Waals surface area contributed by atoms with Gasteiger partial charge >= 0.3 is 0 Å². The van der Waals surface area contributed by atoms with Crippen LogP contribution in [0.1, 0.15) is 24.9 Å². The lowest BCUT2D eigenvalue weighted by Crippen LogP contribution is -2.37. The van der Waals surface area contributed by atoms with E-state index < -0.39 is 0 Å². The lowest BCUT2D eigenvalue weighted by Gasteiger charge is -2.28. The minimum Gasteiger partial charge on any atom is -0.275 e. The molecule has 5 heteroatoms. The topological polar surface area (TPSA) is 37.4 Å². The molecule has 0 N–H and O–H groups in total. The van der Waals surface area contributed by atoms with Crippen LogP contribution in [0.15, 0.2) is 30.3 Å². The van der Waals surface area contributed by atoms with Crippen molar-refractivity contribution in [2.24, 2.45) is 23.7 Å². The number of carbonyl (C=O) groups excluding carboxylic acids is 2. The summed E-state index contributed by atoms with van der Waals surface area (Å²) in [5, 5.41) is 0.